The Hall–Kier alpha value is -3.07. The van der Waals surface area contributed by atoms with Gasteiger partial charge < -0.3 is 4.90 Å². The van der Waals surface area contributed by atoms with E-state index in [-0.39, 0.29) is 0 Å². The summed E-state index contributed by atoms with van der Waals surface area (Å²) in [6.45, 7) is 5.27. The summed E-state index contributed by atoms with van der Waals surface area (Å²) in [5, 5.41) is 6.75. The molecule has 0 heterocycles. The van der Waals surface area contributed by atoms with E-state index in [4.69, 9.17) is 5.10 Å². The van der Waals surface area contributed by atoms with E-state index in [2.05, 4.69) is 68.3 Å². The number of para-hydroxylation sites is 2. The van der Waals surface area contributed by atoms with Crippen molar-refractivity contribution in [3.63, 3.8) is 0 Å². The molecular weight excluding hydrogens is 318 g/mol. The molecule has 0 amide bonds. The Morgan fingerprint density at radius 2 is 1.38 bits per heavy atom. The SMILES string of the molecule is CCN(C)c1ccc(C=NN(c2ccccc2)c2ccccc2)c(C)c1. The van der Waals surface area contributed by atoms with Crippen LogP contribution in [0.5, 0.6) is 0 Å². The summed E-state index contributed by atoms with van der Waals surface area (Å²) in [6, 6.07) is 26.9. The first-order valence-electron chi connectivity index (χ1n) is 8.95. The molecule has 0 unspecified atom stereocenters. The van der Waals surface area contributed by atoms with Crippen molar-refractivity contribution in [1.82, 2.24) is 0 Å². The minimum atomic E-state index is 0.989. The van der Waals surface area contributed by atoms with Gasteiger partial charge in [-0.25, -0.2) is 5.01 Å². The molecule has 26 heavy (non-hydrogen) atoms. The van der Waals surface area contributed by atoms with Crippen LogP contribution in [0.25, 0.3) is 0 Å². The van der Waals surface area contributed by atoms with Crippen molar-refractivity contribution in [2.75, 3.05) is 23.5 Å². The zero-order valence-electron chi connectivity index (χ0n) is 15.6. The lowest BCUT2D eigenvalue weighted by Gasteiger charge is -2.20. The normalized spacial score (nSPS) is 10.9. The third-order valence-corrected chi connectivity index (χ3v) is 4.48. The van der Waals surface area contributed by atoms with Crippen LogP contribution >= 0.6 is 0 Å². The van der Waals surface area contributed by atoms with Crippen molar-refractivity contribution in [3.8, 4) is 0 Å². The van der Waals surface area contributed by atoms with Crippen molar-refractivity contribution in [3.05, 3.63) is 90.0 Å². The molecule has 0 fully saturated rings. The van der Waals surface area contributed by atoms with Gasteiger partial charge in [0.2, 0.25) is 0 Å². The highest BCUT2D eigenvalue weighted by atomic mass is 15.5. The van der Waals surface area contributed by atoms with Crippen LogP contribution in [0.3, 0.4) is 0 Å². The first-order chi connectivity index (χ1) is 12.7. The van der Waals surface area contributed by atoms with Gasteiger partial charge in [0.05, 0.1) is 17.6 Å². The van der Waals surface area contributed by atoms with E-state index in [0.717, 1.165) is 23.5 Å². The fraction of sp³-hybridized carbons (Fsp3) is 0.174. The zero-order valence-corrected chi connectivity index (χ0v) is 15.6. The quantitative estimate of drug-likeness (QED) is 0.427. The molecule has 0 aliphatic rings. The molecule has 132 valence electrons. The van der Waals surface area contributed by atoms with Gasteiger partial charge in [0.25, 0.3) is 0 Å². The van der Waals surface area contributed by atoms with Crippen molar-refractivity contribution < 1.29 is 0 Å². The van der Waals surface area contributed by atoms with Crippen LogP contribution in [0.4, 0.5) is 17.1 Å². The van der Waals surface area contributed by atoms with Gasteiger partial charge in [-0.1, -0.05) is 42.5 Å². The van der Waals surface area contributed by atoms with E-state index in [1.165, 1.54) is 11.3 Å². The lowest BCUT2D eigenvalue weighted by atomic mass is 10.1. The predicted molar refractivity (Wildman–Crippen MR) is 113 cm³/mol. The second-order valence-corrected chi connectivity index (χ2v) is 6.28. The Morgan fingerprint density at radius 3 is 1.88 bits per heavy atom. The Bertz CT molecular complexity index is 818. The first-order valence-corrected chi connectivity index (χ1v) is 8.95. The zero-order chi connectivity index (χ0) is 18.4. The van der Waals surface area contributed by atoms with Gasteiger partial charge in [-0.05, 0) is 61.4 Å². The molecular formula is C23H25N3. The monoisotopic (exact) mass is 343 g/mol. The number of hydrogen-bond donors (Lipinski definition) is 0. The Labute approximate surface area is 156 Å². The maximum absolute atomic E-state index is 4.78. The highest BCUT2D eigenvalue weighted by Crippen LogP contribution is 2.25. The Kier molecular flexibility index (Phi) is 5.69. The van der Waals surface area contributed by atoms with Gasteiger partial charge in [0, 0.05) is 19.3 Å². The molecule has 0 aliphatic carbocycles. The standard InChI is InChI=1S/C23H25N3/c1-4-25(3)23-16-15-20(19(2)17-23)18-24-26(21-11-7-5-8-12-21)22-13-9-6-10-14-22/h5-18H,4H2,1-3H3. The average molecular weight is 343 g/mol. The number of anilines is 3. The molecule has 0 bridgehead atoms. The summed E-state index contributed by atoms with van der Waals surface area (Å²) in [5.41, 5.74) is 5.64. The molecule has 0 saturated carbocycles. The van der Waals surface area contributed by atoms with Crippen molar-refractivity contribution in [1.29, 1.82) is 0 Å². The average Bonchev–Trinajstić information content (AvgIpc) is 2.70. The van der Waals surface area contributed by atoms with Crippen LogP contribution in [0.15, 0.2) is 84.0 Å². The fourth-order valence-electron chi connectivity index (χ4n) is 2.77. The smallest absolute Gasteiger partial charge is 0.0652 e. The molecule has 0 spiro atoms. The number of benzene rings is 3. The van der Waals surface area contributed by atoms with E-state index in [1.54, 1.807) is 0 Å². The summed E-state index contributed by atoms with van der Waals surface area (Å²) in [5.74, 6) is 0. The summed E-state index contributed by atoms with van der Waals surface area (Å²) >= 11 is 0. The lowest BCUT2D eigenvalue weighted by molar-refractivity contribution is 0.967. The van der Waals surface area contributed by atoms with Gasteiger partial charge in [-0.15, -0.1) is 0 Å². The highest BCUT2D eigenvalue weighted by molar-refractivity contribution is 5.84. The number of hydrazone groups is 1. The largest absolute Gasteiger partial charge is 0.375 e. The van der Waals surface area contributed by atoms with Crippen LogP contribution in [-0.4, -0.2) is 19.8 Å². The number of hydrogen-bond acceptors (Lipinski definition) is 3. The molecule has 3 aromatic carbocycles. The number of rotatable bonds is 6. The van der Waals surface area contributed by atoms with Crippen LogP contribution in [0.2, 0.25) is 0 Å². The van der Waals surface area contributed by atoms with E-state index in [1.807, 2.05) is 47.6 Å². The molecule has 0 aromatic heterocycles. The maximum atomic E-state index is 4.78. The minimum absolute atomic E-state index is 0.989. The van der Waals surface area contributed by atoms with Crippen LogP contribution in [-0.2, 0) is 0 Å². The van der Waals surface area contributed by atoms with E-state index in [0.29, 0.717) is 0 Å². The van der Waals surface area contributed by atoms with Crippen LogP contribution in [0.1, 0.15) is 18.1 Å². The molecule has 3 heteroatoms. The van der Waals surface area contributed by atoms with E-state index < -0.39 is 0 Å². The summed E-state index contributed by atoms with van der Waals surface area (Å²) < 4.78 is 0. The summed E-state index contributed by atoms with van der Waals surface area (Å²) in [6.07, 6.45) is 1.94. The molecule has 0 atom stereocenters. The Morgan fingerprint density at radius 1 is 0.808 bits per heavy atom. The second-order valence-electron chi connectivity index (χ2n) is 6.28. The van der Waals surface area contributed by atoms with Gasteiger partial charge in [-0.3, -0.25) is 0 Å². The van der Waals surface area contributed by atoms with Crippen LogP contribution < -0.4 is 9.91 Å². The highest BCUT2D eigenvalue weighted by Gasteiger charge is 2.07. The molecule has 0 radical (unpaired) electrons. The molecule has 3 aromatic rings. The van der Waals surface area contributed by atoms with Crippen LogP contribution in [0, 0.1) is 6.92 Å². The van der Waals surface area contributed by atoms with Gasteiger partial charge >= 0.3 is 0 Å². The van der Waals surface area contributed by atoms with Gasteiger partial charge in [0.15, 0.2) is 0 Å². The van der Waals surface area contributed by atoms with Crippen molar-refractivity contribution in [2.24, 2.45) is 5.10 Å². The first kappa shape index (κ1) is 17.7. The molecule has 0 saturated heterocycles. The minimum Gasteiger partial charge on any atom is -0.375 e. The second kappa shape index (κ2) is 8.34. The van der Waals surface area contributed by atoms with Gasteiger partial charge in [0.1, 0.15) is 0 Å². The third-order valence-electron chi connectivity index (χ3n) is 4.48. The van der Waals surface area contributed by atoms with Crippen molar-refractivity contribution >= 4 is 23.3 Å². The predicted octanol–water partition coefficient (Wildman–Crippen LogP) is 5.62. The van der Waals surface area contributed by atoms with Gasteiger partial charge in [-0.2, -0.15) is 5.10 Å². The molecule has 3 rings (SSSR count). The topological polar surface area (TPSA) is 18.8 Å². The molecule has 3 nitrogen and oxygen atoms in total. The maximum Gasteiger partial charge on any atom is 0.0652 e. The summed E-state index contributed by atoms with van der Waals surface area (Å²) in [4.78, 5) is 2.23. The fourth-order valence-corrected chi connectivity index (χ4v) is 2.77. The molecule has 0 N–H and O–H groups in total. The third kappa shape index (κ3) is 4.12. The van der Waals surface area contributed by atoms with Crippen molar-refractivity contribution in [2.45, 2.75) is 13.8 Å². The van der Waals surface area contributed by atoms with E-state index in [9.17, 15) is 0 Å². The molecule has 0 aliphatic heterocycles. The number of nitrogens with zero attached hydrogens (tertiary/aromatic N) is 3. The Balaban J connectivity index is 1.92. The number of aryl methyl sites for hydroxylation is 1. The summed E-state index contributed by atoms with van der Waals surface area (Å²) in [7, 11) is 2.11. The van der Waals surface area contributed by atoms with E-state index >= 15 is 0 Å². The lowest BCUT2D eigenvalue weighted by Crippen LogP contribution is -2.16.